The van der Waals surface area contributed by atoms with E-state index in [-0.39, 0.29) is 29.9 Å². The van der Waals surface area contributed by atoms with Gasteiger partial charge in [-0.3, -0.25) is 24.3 Å². The zero-order chi connectivity index (χ0) is 32.6. The van der Waals surface area contributed by atoms with Crippen LogP contribution in [-0.4, -0.2) is 44.1 Å². The molecule has 4 aromatic rings. The highest BCUT2D eigenvalue weighted by atomic mass is 32.1. The molecule has 9 nitrogen and oxygen atoms in total. The van der Waals surface area contributed by atoms with Gasteiger partial charge in [0, 0.05) is 24.7 Å². The van der Waals surface area contributed by atoms with Crippen molar-refractivity contribution in [3.63, 3.8) is 0 Å². The molecule has 2 aromatic carbocycles. The molecule has 1 unspecified atom stereocenters. The van der Waals surface area contributed by atoms with E-state index < -0.39 is 23.5 Å². The highest BCUT2D eigenvalue weighted by molar-refractivity contribution is 7.78. The van der Waals surface area contributed by atoms with Gasteiger partial charge in [0.1, 0.15) is 11.6 Å². The van der Waals surface area contributed by atoms with Crippen LogP contribution < -0.4 is 10.0 Å². The lowest BCUT2D eigenvalue weighted by atomic mass is 9.71. The standard InChI is InChI=1S/C21H24N4O2.C8H5F4NO.CH5NS/c1-12-5-4-6-15(20(12)21(26)27)18-11-22-17(10-23-18)14-7-8-19-16(9-14)24-13(2)25(19)3;9-6-3-5(8(10,11)12)1-2-7(6)13-4-14;1-2-3/h7-12,15,20H,4-6H2,1-3H3,(H,26,27);1-4H,(H,13,14);2-3H,1H3/t12-,15-,20?;;/m0../s1. The molecule has 0 bridgehead atoms. The second-order valence-electron chi connectivity index (χ2n) is 10.3. The minimum Gasteiger partial charge on any atom is -0.481 e. The van der Waals surface area contributed by atoms with Crippen molar-refractivity contribution in [1.29, 1.82) is 0 Å². The molecule has 1 amide bonds. The van der Waals surface area contributed by atoms with Crippen molar-refractivity contribution in [2.45, 2.75) is 45.2 Å². The average molecular weight is 635 g/mol. The Balaban J connectivity index is 0.000000262. The molecule has 1 aliphatic carbocycles. The number of hydrogen-bond acceptors (Lipinski definition) is 7. The molecule has 2 heterocycles. The second-order valence-corrected chi connectivity index (χ2v) is 10.8. The van der Waals surface area contributed by atoms with E-state index in [0.29, 0.717) is 12.1 Å². The summed E-state index contributed by atoms with van der Waals surface area (Å²) in [5, 5.41) is 11.6. The van der Waals surface area contributed by atoms with Gasteiger partial charge in [0.2, 0.25) is 6.41 Å². The highest BCUT2D eigenvalue weighted by Crippen LogP contribution is 2.40. The summed E-state index contributed by atoms with van der Waals surface area (Å²) in [4.78, 5) is 35.4. The van der Waals surface area contributed by atoms with Crippen LogP contribution in [0.3, 0.4) is 0 Å². The van der Waals surface area contributed by atoms with Crippen LogP contribution in [0.4, 0.5) is 23.2 Å². The minimum atomic E-state index is -4.58. The van der Waals surface area contributed by atoms with Crippen molar-refractivity contribution in [3.8, 4) is 11.3 Å². The fourth-order valence-corrected chi connectivity index (χ4v) is 5.19. The summed E-state index contributed by atoms with van der Waals surface area (Å²) in [6.07, 6.45) is 1.96. The van der Waals surface area contributed by atoms with E-state index in [4.69, 9.17) is 0 Å². The number of carbonyl (C=O) groups excluding carboxylic acids is 1. The molecule has 1 saturated carbocycles. The van der Waals surface area contributed by atoms with Crippen molar-refractivity contribution in [1.82, 2.24) is 24.2 Å². The normalized spacial score (nSPS) is 18.0. The number of aryl methyl sites for hydroxylation is 2. The Morgan fingerprint density at radius 3 is 2.41 bits per heavy atom. The van der Waals surface area contributed by atoms with Gasteiger partial charge in [-0.05, 0) is 63.1 Å². The molecule has 3 atom stereocenters. The lowest BCUT2D eigenvalue weighted by molar-refractivity contribution is -0.145. The Kier molecular flexibility index (Phi) is 11.8. The van der Waals surface area contributed by atoms with Crippen molar-refractivity contribution >= 4 is 41.9 Å². The number of carboxylic acid groups (broad SMARTS) is 1. The van der Waals surface area contributed by atoms with Crippen LogP contribution in [-0.2, 0) is 22.8 Å². The van der Waals surface area contributed by atoms with Gasteiger partial charge in [-0.25, -0.2) is 9.37 Å². The first-order chi connectivity index (χ1) is 20.8. The van der Waals surface area contributed by atoms with Crippen molar-refractivity contribution in [3.05, 3.63) is 71.7 Å². The van der Waals surface area contributed by atoms with E-state index in [1.807, 2.05) is 44.4 Å². The number of rotatable bonds is 5. The van der Waals surface area contributed by atoms with E-state index in [0.717, 1.165) is 59.1 Å². The Morgan fingerprint density at radius 2 is 1.84 bits per heavy atom. The third-order valence-corrected chi connectivity index (χ3v) is 7.47. The van der Waals surface area contributed by atoms with Gasteiger partial charge in [-0.2, -0.15) is 13.2 Å². The molecule has 1 fully saturated rings. The first-order valence-electron chi connectivity index (χ1n) is 13.7. The number of fused-ring (bicyclic) bond motifs is 1. The number of aromatic nitrogens is 4. The summed E-state index contributed by atoms with van der Waals surface area (Å²) < 4.78 is 53.4. The summed E-state index contributed by atoms with van der Waals surface area (Å²) in [6, 6.07) is 7.96. The van der Waals surface area contributed by atoms with E-state index in [1.165, 1.54) is 0 Å². The first-order valence-corrected chi connectivity index (χ1v) is 14.1. The lowest BCUT2D eigenvalue weighted by Gasteiger charge is -2.33. The molecule has 5 rings (SSSR count). The van der Waals surface area contributed by atoms with Gasteiger partial charge in [-0.15, -0.1) is 0 Å². The van der Waals surface area contributed by atoms with Crippen LogP contribution in [0.2, 0.25) is 0 Å². The first kappa shape index (κ1) is 34.5. The summed E-state index contributed by atoms with van der Waals surface area (Å²) in [5.41, 5.74) is 3.17. The van der Waals surface area contributed by atoms with E-state index >= 15 is 0 Å². The molecule has 0 saturated heterocycles. The molecule has 0 spiro atoms. The topological polar surface area (TPSA) is 122 Å². The number of halogens is 4. The molecular weight excluding hydrogens is 600 g/mol. The molecular formula is C30H34F4N6O3S. The predicted molar refractivity (Wildman–Crippen MR) is 162 cm³/mol. The van der Waals surface area contributed by atoms with Gasteiger partial charge < -0.3 is 15.0 Å². The lowest BCUT2D eigenvalue weighted by Crippen LogP contribution is -2.32. The van der Waals surface area contributed by atoms with Crippen molar-refractivity contribution in [2.75, 3.05) is 12.4 Å². The number of benzene rings is 2. The maximum absolute atomic E-state index is 12.8. The van der Waals surface area contributed by atoms with E-state index in [9.17, 15) is 32.3 Å². The third kappa shape index (κ3) is 8.32. The summed E-state index contributed by atoms with van der Waals surface area (Å²) >= 11 is 3.54. The molecule has 0 radical (unpaired) electrons. The molecule has 3 N–H and O–H groups in total. The van der Waals surface area contributed by atoms with Crippen LogP contribution in [0.5, 0.6) is 0 Å². The van der Waals surface area contributed by atoms with E-state index in [2.05, 4.69) is 37.1 Å². The number of alkyl halides is 3. The number of amides is 1. The summed E-state index contributed by atoms with van der Waals surface area (Å²) in [6.45, 7) is 4.01. The van der Waals surface area contributed by atoms with Crippen LogP contribution in [0.15, 0.2) is 48.8 Å². The third-order valence-electron chi connectivity index (χ3n) is 7.47. The number of nitrogens with zero attached hydrogens (tertiary/aromatic N) is 4. The average Bonchev–Trinajstić information content (AvgIpc) is 3.26. The number of hydrogen-bond donors (Lipinski definition) is 4. The Hall–Kier alpha value is -4.04. The zero-order valence-corrected chi connectivity index (χ0v) is 25.5. The number of thiol groups is 1. The second kappa shape index (κ2) is 15.1. The number of carbonyl (C=O) groups is 2. The fourth-order valence-electron chi connectivity index (χ4n) is 5.19. The van der Waals surface area contributed by atoms with Crippen LogP contribution >= 0.6 is 12.8 Å². The monoisotopic (exact) mass is 634 g/mol. The maximum atomic E-state index is 12.8. The number of imidazole rings is 1. The number of anilines is 1. The SMILES string of the molecule is CNS.Cc1nc2cc(-c3cnc([C@@H]4CCC[C@H](C)C4C(=O)O)cn3)ccc2n1C.O=CNc1ccc(C(F)(F)F)cc1F. The maximum Gasteiger partial charge on any atom is 0.416 e. The van der Waals surface area contributed by atoms with Crippen molar-refractivity contribution < 1.29 is 32.3 Å². The zero-order valence-electron chi connectivity index (χ0n) is 24.6. The Morgan fingerprint density at radius 1 is 1.14 bits per heavy atom. The smallest absolute Gasteiger partial charge is 0.416 e. The van der Waals surface area contributed by atoms with Crippen LogP contribution in [0, 0.1) is 24.6 Å². The van der Waals surface area contributed by atoms with Crippen LogP contribution in [0.1, 0.15) is 49.2 Å². The number of carboxylic acids is 1. The van der Waals surface area contributed by atoms with Crippen LogP contribution in [0.25, 0.3) is 22.3 Å². The minimum absolute atomic E-state index is 0.0614. The number of nitrogens with one attached hydrogen (secondary N) is 2. The molecule has 14 heteroatoms. The Labute approximate surface area is 257 Å². The van der Waals surface area contributed by atoms with Gasteiger partial charge in [0.15, 0.2) is 0 Å². The van der Waals surface area contributed by atoms with Gasteiger partial charge in [0.25, 0.3) is 0 Å². The summed E-state index contributed by atoms with van der Waals surface area (Å²) in [5.74, 6) is -1.16. The molecule has 0 aliphatic heterocycles. The van der Waals surface area contributed by atoms with Gasteiger partial charge in [0.05, 0.1) is 45.8 Å². The summed E-state index contributed by atoms with van der Waals surface area (Å²) in [7, 11) is 3.74. The fraction of sp³-hybridized carbons (Fsp3) is 0.367. The molecule has 1 aliphatic rings. The molecule has 236 valence electrons. The van der Waals surface area contributed by atoms with Crippen molar-refractivity contribution in [2.24, 2.45) is 18.9 Å². The quantitative estimate of drug-likeness (QED) is 0.114. The van der Waals surface area contributed by atoms with E-state index in [1.54, 1.807) is 19.4 Å². The molecule has 44 heavy (non-hydrogen) atoms. The largest absolute Gasteiger partial charge is 0.481 e. The highest BCUT2D eigenvalue weighted by Gasteiger charge is 2.38. The van der Waals surface area contributed by atoms with Gasteiger partial charge >= 0.3 is 12.1 Å². The number of aliphatic carboxylic acids is 1. The Bertz CT molecular complexity index is 1580. The van der Waals surface area contributed by atoms with Gasteiger partial charge in [-0.1, -0.05) is 32.2 Å². The molecule has 2 aromatic heterocycles. The predicted octanol–water partition coefficient (Wildman–Crippen LogP) is 6.41.